The fourth-order valence-electron chi connectivity index (χ4n) is 1.56. The van der Waals surface area contributed by atoms with Gasteiger partial charge in [-0.05, 0) is 39.2 Å². The van der Waals surface area contributed by atoms with E-state index in [1.807, 2.05) is 0 Å². The molecule has 0 bridgehead atoms. The van der Waals surface area contributed by atoms with Crippen LogP contribution >= 0.6 is 15.9 Å². The van der Waals surface area contributed by atoms with Gasteiger partial charge >= 0.3 is 5.97 Å². The third-order valence-corrected chi connectivity index (χ3v) is 2.77. The number of carbonyl (C=O) groups is 1. The molecule has 0 aromatic heterocycles. The Hall–Kier alpha value is -0.940. The number of likely N-dealkylation sites (N-methyl/N-ethyl adjacent to an activating group) is 1. The monoisotopic (exact) mass is 303 g/mol. The Balaban J connectivity index is 3.13. The van der Waals surface area contributed by atoms with E-state index in [2.05, 4.69) is 15.9 Å². The normalized spacial score (nSPS) is 12.6. The van der Waals surface area contributed by atoms with Crippen LogP contribution in [0, 0.1) is 5.82 Å². The second-order valence-corrected chi connectivity index (χ2v) is 4.70. The van der Waals surface area contributed by atoms with Gasteiger partial charge in [-0.1, -0.05) is 15.9 Å². The van der Waals surface area contributed by atoms with Gasteiger partial charge in [0.1, 0.15) is 11.9 Å². The Bertz CT molecular complexity index is 409. The lowest BCUT2D eigenvalue weighted by molar-refractivity contribution is -0.148. The van der Waals surface area contributed by atoms with Crippen LogP contribution in [-0.2, 0) is 9.53 Å². The van der Waals surface area contributed by atoms with Gasteiger partial charge in [0.25, 0.3) is 0 Å². The number of esters is 1. The molecule has 0 aliphatic carbocycles. The second kappa shape index (κ2) is 6.12. The van der Waals surface area contributed by atoms with Crippen molar-refractivity contribution in [1.82, 2.24) is 4.90 Å². The molecule has 0 saturated carbocycles. The van der Waals surface area contributed by atoms with E-state index < -0.39 is 17.8 Å². The number of hydrogen-bond donors (Lipinski definition) is 0. The topological polar surface area (TPSA) is 29.5 Å². The molecule has 1 rings (SSSR count). The van der Waals surface area contributed by atoms with Crippen LogP contribution < -0.4 is 0 Å². The summed E-state index contributed by atoms with van der Waals surface area (Å²) in [7, 11) is 3.42. The van der Waals surface area contributed by atoms with Crippen LogP contribution in [0.2, 0.25) is 0 Å². The van der Waals surface area contributed by atoms with Crippen molar-refractivity contribution in [2.24, 2.45) is 0 Å². The summed E-state index contributed by atoms with van der Waals surface area (Å²) in [6, 6.07) is 3.79. The zero-order valence-electron chi connectivity index (χ0n) is 10.0. The van der Waals surface area contributed by atoms with Gasteiger partial charge < -0.3 is 4.74 Å². The molecule has 0 spiro atoms. The molecule has 0 fully saturated rings. The predicted octanol–water partition coefficient (Wildman–Crippen LogP) is 2.75. The van der Waals surface area contributed by atoms with Crippen molar-refractivity contribution < 1.29 is 13.9 Å². The van der Waals surface area contributed by atoms with Gasteiger partial charge in [-0.15, -0.1) is 0 Å². The highest BCUT2D eigenvalue weighted by Gasteiger charge is 2.27. The second-order valence-electron chi connectivity index (χ2n) is 3.78. The molecule has 1 aromatic carbocycles. The molecule has 3 nitrogen and oxygen atoms in total. The van der Waals surface area contributed by atoms with Crippen LogP contribution in [0.4, 0.5) is 4.39 Å². The lowest BCUT2D eigenvalue weighted by Crippen LogP contribution is -2.30. The molecule has 0 saturated heterocycles. The van der Waals surface area contributed by atoms with Gasteiger partial charge in [0.15, 0.2) is 0 Å². The van der Waals surface area contributed by atoms with Gasteiger partial charge in [-0.2, -0.15) is 0 Å². The van der Waals surface area contributed by atoms with Crippen LogP contribution in [0.15, 0.2) is 22.7 Å². The van der Waals surface area contributed by atoms with E-state index in [1.54, 1.807) is 38.1 Å². The number of nitrogens with zero attached hydrogens (tertiary/aromatic N) is 1. The number of rotatable bonds is 4. The van der Waals surface area contributed by atoms with Crippen molar-refractivity contribution in [1.29, 1.82) is 0 Å². The fourth-order valence-corrected chi connectivity index (χ4v) is 1.94. The number of ether oxygens (including phenoxy) is 1. The summed E-state index contributed by atoms with van der Waals surface area (Å²) in [4.78, 5) is 13.4. The van der Waals surface area contributed by atoms with Crippen LogP contribution in [0.5, 0.6) is 0 Å². The van der Waals surface area contributed by atoms with Crippen molar-refractivity contribution >= 4 is 21.9 Å². The van der Waals surface area contributed by atoms with Gasteiger partial charge in [0.2, 0.25) is 0 Å². The standard InChI is InChI=1S/C12H15BrFNO2/c1-4-17-12(16)11(15(2)3)9-7-8(13)5-6-10(9)14/h5-7,11H,4H2,1-3H3. The largest absolute Gasteiger partial charge is 0.465 e. The predicted molar refractivity (Wildman–Crippen MR) is 67.2 cm³/mol. The minimum absolute atomic E-state index is 0.277. The summed E-state index contributed by atoms with van der Waals surface area (Å²) in [5.41, 5.74) is 0.308. The first-order chi connectivity index (χ1) is 7.97. The van der Waals surface area contributed by atoms with E-state index in [-0.39, 0.29) is 6.61 Å². The number of benzene rings is 1. The van der Waals surface area contributed by atoms with E-state index in [9.17, 15) is 9.18 Å². The van der Waals surface area contributed by atoms with E-state index in [4.69, 9.17) is 4.74 Å². The molecule has 94 valence electrons. The molecule has 0 amide bonds. The summed E-state index contributed by atoms with van der Waals surface area (Å²) >= 11 is 3.26. The Labute approximate surface area is 109 Å². The smallest absolute Gasteiger partial charge is 0.328 e. The zero-order valence-corrected chi connectivity index (χ0v) is 11.6. The fraction of sp³-hybridized carbons (Fsp3) is 0.417. The van der Waals surface area contributed by atoms with Crippen molar-refractivity contribution in [2.75, 3.05) is 20.7 Å². The summed E-state index contributed by atoms with van der Waals surface area (Å²) < 4.78 is 19.4. The van der Waals surface area contributed by atoms with Crippen LogP contribution in [0.3, 0.4) is 0 Å². The summed E-state index contributed by atoms with van der Waals surface area (Å²) in [6.45, 7) is 2.00. The Morgan fingerprint density at radius 2 is 2.18 bits per heavy atom. The molecular weight excluding hydrogens is 289 g/mol. The SMILES string of the molecule is CCOC(=O)C(c1cc(Br)ccc1F)N(C)C. The summed E-state index contributed by atoms with van der Waals surface area (Å²) in [5, 5.41) is 0. The van der Waals surface area contributed by atoms with Gasteiger partial charge in [-0.3, -0.25) is 4.90 Å². The number of carbonyl (C=O) groups excluding carboxylic acids is 1. The van der Waals surface area contributed by atoms with Crippen molar-refractivity contribution in [3.8, 4) is 0 Å². The first-order valence-corrected chi connectivity index (χ1v) is 6.04. The van der Waals surface area contributed by atoms with Crippen molar-refractivity contribution in [3.05, 3.63) is 34.1 Å². The molecule has 5 heteroatoms. The molecular formula is C12H15BrFNO2. The molecule has 17 heavy (non-hydrogen) atoms. The van der Waals surface area contributed by atoms with Crippen molar-refractivity contribution in [2.45, 2.75) is 13.0 Å². The lowest BCUT2D eigenvalue weighted by Gasteiger charge is -2.23. The highest BCUT2D eigenvalue weighted by molar-refractivity contribution is 9.10. The molecule has 0 N–H and O–H groups in total. The average Bonchev–Trinajstić information content (AvgIpc) is 2.23. The first kappa shape index (κ1) is 14.1. The van der Waals surface area contributed by atoms with Gasteiger partial charge in [-0.25, -0.2) is 9.18 Å². The molecule has 0 aliphatic heterocycles. The third-order valence-electron chi connectivity index (χ3n) is 2.28. The Kier molecular flexibility index (Phi) is 5.08. The number of hydrogen-bond acceptors (Lipinski definition) is 3. The van der Waals surface area contributed by atoms with Crippen LogP contribution in [0.25, 0.3) is 0 Å². The van der Waals surface area contributed by atoms with Gasteiger partial charge in [0.05, 0.1) is 6.61 Å². The summed E-state index contributed by atoms with van der Waals surface area (Å²) in [6.07, 6.45) is 0. The lowest BCUT2D eigenvalue weighted by atomic mass is 10.1. The molecule has 0 heterocycles. The highest BCUT2D eigenvalue weighted by atomic mass is 79.9. The highest BCUT2D eigenvalue weighted by Crippen LogP contribution is 2.26. The van der Waals surface area contributed by atoms with Crippen LogP contribution in [-0.4, -0.2) is 31.6 Å². The Morgan fingerprint density at radius 3 is 2.71 bits per heavy atom. The molecule has 0 aliphatic rings. The third kappa shape index (κ3) is 3.51. The maximum absolute atomic E-state index is 13.7. The van der Waals surface area contributed by atoms with E-state index in [0.717, 1.165) is 4.47 Å². The molecule has 1 aromatic rings. The zero-order chi connectivity index (χ0) is 13.0. The minimum atomic E-state index is -0.729. The van der Waals surface area contributed by atoms with Crippen LogP contribution in [0.1, 0.15) is 18.5 Å². The quantitative estimate of drug-likeness (QED) is 0.801. The van der Waals surface area contributed by atoms with E-state index in [0.29, 0.717) is 5.56 Å². The van der Waals surface area contributed by atoms with E-state index >= 15 is 0 Å². The maximum Gasteiger partial charge on any atom is 0.328 e. The maximum atomic E-state index is 13.7. The molecule has 1 atom stereocenters. The van der Waals surface area contributed by atoms with Gasteiger partial charge in [0, 0.05) is 10.0 Å². The molecule has 1 unspecified atom stereocenters. The average molecular weight is 304 g/mol. The first-order valence-electron chi connectivity index (χ1n) is 5.25. The van der Waals surface area contributed by atoms with Crippen molar-refractivity contribution in [3.63, 3.8) is 0 Å². The molecule has 0 radical (unpaired) electrons. The summed E-state index contributed by atoms with van der Waals surface area (Å²) in [5.74, 6) is -0.866. The Morgan fingerprint density at radius 1 is 1.53 bits per heavy atom. The van der Waals surface area contributed by atoms with E-state index in [1.165, 1.54) is 6.07 Å². The minimum Gasteiger partial charge on any atom is -0.465 e. The number of halogens is 2.